The quantitative estimate of drug-likeness (QED) is 0.629. The number of aromatic carboxylic acids is 1. The number of aryl methyl sites for hydroxylation is 1. The Labute approximate surface area is 68.3 Å². The van der Waals surface area contributed by atoms with Crippen LogP contribution in [-0.2, 0) is 7.05 Å². The monoisotopic (exact) mass is 168 g/mol. The molecular weight excluding hydrogens is 160 g/mol. The molecule has 5 nitrogen and oxygen atoms in total. The number of carboxylic acids is 1. The molecule has 1 aromatic rings. The lowest BCUT2D eigenvalue weighted by molar-refractivity contribution is 0.0693. The van der Waals surface area contributed by atoms with E-state index in [2.05, 4.69) is 5.10 Å². The zero-order chi connectivity index (χ0) is 9.30. The Morgan fingerprint density at radius 1 is 1.67 bits per heavy atom. The van der Waals surface area contributed by atoms with Gasteiger partial charge in [0, 0.05) is 7.05 Å². The van der Waals surface area contributed by atoms with Crippen molar-refractivity contribution >= 4 is 5.97 Å². The predicted octanol–water partition coefficient (Wildman–Crippen LogP) is -0.213. The molecule has 5 heteroatoms. The molecule has 0 radical (unpaired) electrons. The molecule has 0 unspecified atom stereocenters. The van der Waals surface area contributed by atoms with E-state index in [0.29, 0.717) is 5.69 Å². The van der Waals surface area contributed by atoms with Crippen molar-refractivity contribution in [1.29, 1.82) is 0 Å². The lowest BCUT2D eigenvalue weighted by Crippen LogP contribution is -2.21. The van der Waals surface area contributed by atoms with Gasteiger partial charge in [-0.1, -0.05) is 0 Å². The first-order chi connectivity index (χ1) is 5.54. The van der Waals surface area contributed by atoms with Crippen molar-refractivity contribution in [2.75, 3.05) is 0 Å². The summed E-state index contributed by atoms with van der Waals surface area (Å²) in [5, 5.41) is 12.3. The summed E-state index contributed by atoms with van der Waals surface area (Å²) in [7, 11) is 1.58. The summed E-state index contributed by atoms with van der Waals surface area (Å²) in [6.45, 7) is 1.54. The molecule has 0 aliphatic carbocycles. The van der Waals surface area contributed by atoms with Crippen molar-refractivity contribution in [2.24, 2.45) is 7.05 Å². The Kier molecular flexibility index (Phi) is 1.95. The second-order valence-electron chi connectivity index (χ2n) is 2.40. The smallest absolute Gasteiger partial charge is 0.341 e. The minimum absolute atomic E-state index is 0.215. The molecular formula is C7H8N2O3. The Hall–Kier alpha value is -1.65. The Morgan fingerprint density at radius 3 is 2.67 bits per heavy atom. The first-order valence-corrected chi connectivity index (χ1v) is 3.30. The number of carboxylic acid groups (broad SMARTS) is 1. The number of nitrogens with zero attached hydrogens (tertiary/aromatic N) is 2. The number of aromatic nitrogens is 2. The maximum Gasteiger partial charge on any atom is 0.341 e. The normalized spacial score (nSPS) is 9.83. The van der Waals surface area contributed by atoms with E-state index in [0.717, 1.165) is 6.20 Å². The van der Waals surface area contributed by atoms with Crippen LogP contribution in [0.4, 0.5) is 0 Å². The average Bonchev–Trinajstić information content (AvgIpc) is 1.97. The summed E-state index contributed by atoms with van der Waals surface area (Å²) >= 11 is 0. The molecule has 1 N–H and O–H groups in total. The summed E-state index contributed by atoms with van der Waals surface area (Å²) in [6.07, 6.45) is 0.996. The van der Waals surface area contributed by atoms with Crippen molar-refractivity contribution < 1.29 is 9.90 Å². The van der Waals surface area contributed by atoms with Gasteiger partial charge in [-0.15, -0.1) is 0 Å². The highest BCUT2D eigenvalue weighted by Gasteiger charge is 2.13. The van der Waals surface area contributed by atoms with Gasteiger partial charge in [0.15, 0.2) is 0 Å². The average molecular weight is 168 g/mol. The van der Waals surface area contributed by atoms with Gasteiger partial charge in [-0.05, 0) is 6.92 Å². The summed E-state index contributed by atoms with van der Waals surface area (Å²) in [5.41, 5.74) is -0.416. The second kappa shape index (κ2) is 2.77. The van der Waals surface area contributed by atoms with Crippen LogP contribution in [0.2, 0.25) is 0 Å². The summed E-state index contributed by atoms with van der Waals surface area (Å²) < 4.78 is 1.35. The van der Waals surface area contributed by atoms with Crippen LogP contribution >= 0.6 is 0 Å². The summed E-state index contributed by atoms with van der Waals surface area (Å²) in [5.74, 6) is -1.21. The van der Waals surface area contributed by atoms with Crippen molar-refractivity contribution in [3.8, 4) is 0 Å². The van der Waals surface area contributed by atoms with Crippen LogP contribution in [0.3, 0.4) is 0 Å². The van der Waals surface area contributed by atoms with E-state index in [1.807, 2.05) is 0 Å². The molecule has 0 bridgehead atoms. The van der Waals surface area contributed by atoms with E-state index in [4.69, 9.17) is 5.11 Å². The van der Waals surface area contributed by atoms with Crippen LogP contribution in [0, 0.1) is 6.92 Å². The lowest BCUT2D eigenvalue weighted by Gasteiger charge is -2.03. The largest absolute Gasteiger partial charge is 0.477 e. The summed E-state index contributed by atoms with van der Waals surface area (Å²) in [4.78, 5) is 21.5. The van der Waals surface area contributed by atoms with Crippen molar-refractivity contribution in [3.05, 3.63) is 27.7 Å². The van der Waals surface area contributed by atoms with E-state index in [1.54, 1.807) is 7.05 Å². The van der Waals surface area contributed by atoms with Gasteiger partial charge in [0.25, 0.3) is 0 Å². The molecule has 0 aliphatic rings. The van der Waals surface area contributed by atoms with E-state index in [1.165, 1.54) is 11.6 Å². The molecule has 0 saturated carbocycles. The molecule has 0 aliphatic heterocycles. The second-order valence-corrected chi connectivity index (χ2v) is 2.40. The van der Waals surface area contributed by atoms with E-state index in [9.17, 15) is 9.59 Å². The van der Waals surface area contributed by atoms with Gasteiger partial charge in [-0.3, -0.25) is 9.48 Å². The molecule has 64 valence electrons. The first-order valence-electron chi connectivity index (χ1n) is 3.30. The summed E-state index contributed by atoms with van der Waals surface area (Å²) in [6, 6.07) is 0. The Morgan fingerprint density at radius 2 is 2.25 bits per heavy atom. The molecule has 0 spiro atoms. The molecule has 0 amide bonds. The fourth-order valence-electron chi connectivity index (χ4n) is 0.890. The van der Waals surface area contributed by atoms with Gasteiger partial charge in [0.2, 0.25) is 5.43 Å². The minimum Gasteiger partial charge on any atom is -0.477 e. The molecule has 1 aromatic heterocycles. The minimum atomic E-state index is -1.21. The van der Waals surface area contributed by atoms with Crippen LogP contribution in [0.25, 0.3) is 0 Å². The SMILES string of the molecule is Cc1c(C(=O)O)c(=O)cnn1C. The van der Waals surface area contributed by atoms with Crippen molar-refractivity contribution in [1.82, 2.24) is 9.78 Å². The fourth-order valence-corrected chi connectivity index (χ4v) is 0.890. The molecule has 1 heterocycles. The van der Waals surface area contributed by atoms with Crippen LogP contribution in [-0.4, -0.2) is 20.9 Å². The maximum atomic E-state index is 11.0. The van der Waals surface area contributed by atoms with Crippen LogP contribution < -0.4 is 5.43 Å². The molecule has 0 atom stereocenters. The third-order valence-electron chi connectivity index (χ3n) is 1.66. The lowest BCUT2D eigenvalue weighted by atomic mass is 10.2. The first kappa shape index (κ1) is 8.45. The number of carbonyl (C=O) groups is 1. The van der Waals surface area contributed by atoms with Crippen LogP contribution in [0.1, 0.15) is 16.1 Å². The zero-order valence-corrected chi connectivity index (χ0v) is 6.74. The van der Waals surface area contributed by atoms with Gasteiger partial charge < -0.3 is 5.11 Å². The standard InChI is InChI=1S/C7H8N2O3/c1-4-6(7(11)12)5(10)3-8-9(4)2/h3H,1-2H3,(H,11,12). The molecule has 0 saturated heterocycles. The topological polar surface area (TPSA) is 72.2 Å². The molecule has 1 rings (SSSR count). The number of hydrogen-bond acceptors (Lipinski definition) is 3. The third kappa shape index (κ3) is 1.20. The zero-order valence-electron chi connectivity index (χ0n) is 6.74. The maximum absolute atomic E-state index is 11.0. The number of rotatable bonds is 1. The van der Waals surface area contributed by atoms with Gasteiger partial charge in [-0.25, -0.2) is 4.79 Å². The molecule has 0 fully saturated rings. The highest BCUT2D eigenvalue weighted by atomic mass is 16.4. The van der Waals surface area contributed by atoms with Crippen LogP contribution in [0.15, 0.2) is 11.0 Å². The van der Waals surface area contributed by atoms with Crippen molar-refractivity contribution in [3.63, 3.8) is 0 Å². The predicted molar refractivity (Wildman–Crippen MR) is 41.2 cm³/mol. The number of hydrogen-bond donors (Lipinski definition) is 1. The van der Waals surface area contributed by atoms with Gasteiger partial charge in [0.1, 0.15) is 5.56 Å². The molecule has 0 aromatic carbocycles. The highest BCUT2D eigenvalue weighted by Crippen LogP contribution is 1.97. The Bertz CT molecular complexity index is 381. The van der Waals surface area contributed by atoms with E-state index >= 15 is 0 Å². The van der Waals surface area contributed by atoms with E-state index in [-0.39, 0.29) is 5.56 Å². The molecule has 12 heavy (non-hydrogen) atoms. The van der Waals surface area contributed by atoms with E-state index < -0.39 is 11.4 Å². The van der Waals surface area contributed by atoms with Crippen molar-refractivity contribution in [2.45, 2.75) is 6.92 Å². The highest BCUT2D eigenvalue weighted by molar-refractivity contribution is 5.88. The van der Waals surface area contributed by atoms with Gasteiger partial charge >= 0.3 is 5.97 Å². The third-order valence-corrected chi connectivity index (χ3v) is 1.66. The Balaban J connectivity index is 3.54. The van der Waals surface area contributed by atoms with Gasteiger partial charge in [-0.2, -0.15) is 5.10 Å². The van der Waals surface area contributed by atoms with Crippen LogP contribution in [0.5, 0.6) is 0 Å². The fraction of sp³-hybridized carbons (Fsp3) is 0.286. The van der Waals surface area contributed by atoms with Gasteiger partial charge in [0.05, 0.1) is 11.9 Å².